The monoisotopic (exact) mass is 452 g/mol. The molecule has 7 nitrogen and oxygen atoms in total. The zero-order valence-corrected chi connectivity index (χ0v) is 19.6. The molecule has 1 saturated heterocycles. The van der Waals surface area contributed by atoms with Gasteiger partial charge < -0.3 is 4.90 Å². The van der Waals surface area contributed by atoms with E-state index in [1.54, 1.807) is 19.3 Å². The molecule has 0 aliphatic carbocycles. The van der Waals surface area contributed by atoms with Crippen LogP contribution in [0.15, 0.2) is 73.2 Å². The van der Waals surface area contributed by atoms with Gasteiger partial charge in [-0.3, -0.25) is 14.7 Å². The van der Waals surface area contributed by atoms with Gasteiger partial charge in [0, 0.05) is 68.0 Å². The maximum absolute atomic E-state index is 11.6. The minimum absolute atomic E-state index is 0.0617. The first-order valence-corrected chi connectivity index (χ1v) is 11.6. The highest BCUT2D eigenvalue weighted by molar-refractivity contribution is 5.94. The Morgan fingerprint density at radius 3 is 2.32 bits per heavy atom. The summed E-state index contributed by atoms with van der Waals surface area (Å²) < 4.78 is 1.96. The molecule has 0 bridgehead atoms. The van der Waals surface area contributed by atoms with Crippen LogP contribution in [0, 0.1) is 6.92 Å². The van der Waals surface area contributed by atoms with Crippen molar-refractivity contribution in [3.63, 3.8) is 0 Å². The summed E-state index contributed by atoms with van der Waals surface area (Å²) in [6, 6.07) is 17.8. The van der Waals surface area contributed by atoms with Gasteiger partial charge in [-0.15, -0.1) is 0 Å². The Morgan fingerprint density at radius 2 is 1.62 bits per heavy atom. The Balaban J connectivity index is 1.27. The van der Waals surface area contributed by atoms with E-state index in [1.807, 2.05) is 47.1 Å². The lowest BCUT2D eigenvalue weighted by Crippen LogP contribution is -2.46. The Bertz CT molecular complexity index is 1270. The van der Waals surface area contributed by atoms with Gasteiger partial charge >= 0.3 is 0 Å². The van der Waals surface area contributed by atoms with E-state index >= 15 is 0 Å². The third-order valence-corrected chi connectivity index (χ3v) is 6.33. The van der Waals surface area contributed by atoms with Crippen LogP contribution in [0.5, 0.6) is 0 Å². The van der Waals surface area contributed by atoms with Crippen LogP contribution in [0.2, 0.25) is 0 Å². The van der Waals surface area contributed by atoms with Crippen molar-refractivity contribution in [3.8, 4) is 16.9 Å². The summed E-state index contributed by atoms with van der Waals surface area (Å²) in [5, 5.41) is 4.71. The number of para-hydroxylation sites is 1. The number of piperazine rings is 1. The smallest absolute Gasteiger partial charge is 0.159 e. The van der Waals surface area contributed by atoms with Crippen molar-refractivity contribution in [2.24, 2.45) is 0 Å². The van der Waals surface area contributed by atoms with Crippen molar-refractivity contribution in [2.75, 3.05) is 31.1 Å². The quantitative estimate of drug-likeness (QED) is 0.409. The van der Waals surface area contributed by atoms with Crippen LogP contribution in [0.25, 0.3) is 16.9 Å². The number of hydrogen-bond acceptors (Lipinski definition) is 6. The zero-order valence-electron chi connectivity index (χ0n) is 19.6. The molecule has 0 saturated carbocycles. The van der Waals surface area contributed by atoms with E-state index in [0.29, 0.717) is 5.56 Å². The standard InChI is InChI=1S/C27H28N6O/c1-20-24(19-33(30-20)25-6-4-3-5-7-25)18-31-14-16-32(17-15-31)27-26(28-12-13-29-27)23-10-8-22(9-11-23)21(2)34/h3-13,19H,14-18H2,1-2H3. The molecule has 1 aliphatic heterocycles. The lowest BCUT2D eigenvalue weighted by Gasteiger charge is -2.35. The molecule has 0 spiro atoms. The lowest BCUT2D eigenvalue weighted by atomic mass is 10.1. The summed E-state index contributed by atoms with van der Waals surface area (Å²) in [5.74, 6) is 0.956. The Kier molecular flexibility index (Phi) is 6.18. The number of carbonyl (C=O) groups excluding carboxylic acids is 1. The molecule has 7 heteroatoms. The van der Waals surface area contributed by atoms with Gasteiger partial charge in [-0.05, 0) is 26.0 Å². The fraction of sp³-hybridized carbons (Fsp3) is 0.259. The van der Waals surface area contributed by atoms with Gasteiger partial charge in [-0.25, -0.2) is 9.67 Å². The summed E-state index contributed by atoms with van der Waals surface area (Å²) in [4.78, 5) is 25.7. The van der Waals surface area contributed by atoms with Gasteiger partial charge in [-0.1, -0.05) is 42.5 Å². The number of rotatable bonds is 6. The van der Waals surface area contributed by atoms with Crippen LogP contribution in [0.3, 0.4) is 0 Å². The van der Waals surface area contributed by atoms with Crippen molar-refractivity contribution in [3.05, 3.63) is 90.0 Å². The average Bonchev–Trinajstić information content (AvgIpc) is 3.25. The molecule has 0 atom stereocenters. The first-order valence-electron chi connectivity index (χ1n) is 11.6. The molecule has 34 heavy (non-hydrogen) atoms. The van der Waals surface area contributed by atoms with Gasteiger partial charge in [0.15, 0.2) is 11.6 Å². The van der Waals surface area contributed by atoms with Gasteiger partial charge in [-0.2, -0.15) is 5.10 Å². The third-order valence-electron chi connectivity index (χ3n) is 6.33. The SMILES string of the molecule is CC(=O)c1ccc(-c2nccnc2N2CCN(Cc3cn(-c4ccccc4)nc3C)CC2)cc1. The van der Waals surface area contributed by atoms with Gasteiger partial charge in [0.2, 0.25) is 0 Å². The van der Waals surface area contributed by atoms with Crippen molar-refractivity contribution in [2.45, 2.75) is 20.4 Å². The van der Waals surface area contributed by atoms with E-state index in [9.17, 15) is 4.79 Å². The molecule has 4 aromatic rings. The third kappa shape index (κ3) is 4.61. The Labute approximate surface area is 199 Å². The van der Waals surface area contributed by atoms with E-state index < -0.39 is 0 Å². The maximum atomic E-state index is 11.6. The number of anilines is 1. The molecule has 1 fully saturated rings. The normalized spacial score (nSPS) is 14.4. The second-order valence-electron chi connectivity index (χ2n) is 8.65. The van der Waals surface area contributed by atoms with Crippen LogP contribution >= 0.6 is 0 Å². The fourth-order valence-corrected chi connectivity index (χ4v) is 4.35. The predicted octanol–water partition coefficient (Wildman–Crippen LogP) is 4.16. The second-order valence-corrected chi connectivity index (χ2v) is 8.65. The molecular formula is C27H28N6O. The van der Waals surface area contributed by atoms with E-state index in [2.05, 4.69) is 45.0 Å². The highest BCUT2D eigenvalue weighted by atomic mass is 16.1. The number of hydrogen-bond donors (Lipinski definition) is 0. The van der Waals surface area contributed by atoms with Crippen LogP contribution < -0.4 is 4.90 Å². The van der Waals surface area contributed by atoms with E-state index in [0.717, 1.165) is 61.2 Å². The van der Waals surface area contributed by atoms with Crippen molar-refractivity contribution in [1.29, 1.82) is 0 Å². The number of aromatic nitrogens is 4. The number of ketones is 1. The molecule has 0 radical (unpaired) electrons. The number of aryl methyl sites for hydroxylation is 1. The summed E-state index contributed by atoms with van der Waals surface area (Å²) in [6.07, 6.45) is 5.61. The molecule has 0 N–H and O–H groups in total. The molecule has 5 rings (SSSR count). The average molecular weight is 453 g/mol. The molecular weight excluding hydrogens is 424 g/mol. The summed E-state index contributed by atoms with van der Waals surface area (Å²) in [7, 11) is 0. The first-order chi connectivity index (χ1) is 16.6. The molecule has 3 heterocycles. The molecule has 0 unspecified atom stereocenters. The first kappa shape index (κ1) is 22.0. The number of Topliss-reactive ketones (excluding diaryl/α,β-unsaturated/α-hetero) is 1. The van der Waals surface area contributed by atoms with Crippen molar-refractivity contribution in [1.82, 2.24) is 24.6 Å². The summed E-state index contributed by atoms with van der Waals surface area (Å²) in [5.41, 5.74) is 5.92. The topological polar surface area (TPSA) is 67.2 Å². The molecule has 172 valence electrons. The molecule has 2 aromatic heterocycles. The van der Waals surface area contributed by atoms with Crippen molar-refractivity contribution < 1.29 is 4.79 Å². The van der Waals surface area contributed by atoms with Gasteiger partial charge in [0.25, 0.3) is 0 Å². The van der Waals surface area contributed by atoms with Crippen LogP contribution in [0.4, 0.5) is 5.82 Å². The highest BCUT2D eigenvalue weighted by Crippen LogP contribution is 2.28. The minimum Gasteiger partial charge on any atom is -0.352 e. The number of carbonyl (C=O) groups is 1. The van der Waals surface area contributed by atoms with Crippen LogP contribution in [0.1, 0.15) is 28.5 Å². The number of benzene rings is 2. The summed E-state index contributed by atoms with van der Waals surface area (Å²) in [6.45, 7) is 8.17. The van der Waals surface area contributed by atoms with Crippen LogP contribution in [-0.4, -0.2) is 56.6 Å². The fourth-order valence-electron chi connectivity index (χ4n) is 4.35. The maximum Gasteiger partial charge on any atom is 0.159 e. The van der Waals surface area contributed by atoms with Gasteiger partial charge in [0.05, 0.1) is 11.4 Å². The Hall–Kier alpha value is -3.84. The predicted molar refractivity (Wildman–Crippen MR) is 133 cm³/mol. The summed E-state index contributed by atoms with van der Waals surface area (Å²) >= 11 is 0. The van der Waals surface area contributed by atoms with Gasteiger partial charge in [0.1, 0.15) is 5.69 Å². The molecule has 1 aliphatic rings. The van der Waals surface area contributed by atoms with E-state index in [1.165, 1.54) is 5.56 Å². The highest BCUT2D eigenvalue weighted by Gasteiger charge is 2.22. The second kappa shape index (κ2) is 9.57. The molecule has 0 amide bonds. The lowest BCUT2D eigenvalue weighted by molar-refractivity contribution is 0.101. The van der Waals surface area contributed by atoms with Crippen LogP contribution in [-0.2, 0) is 6.54 Å². The van der Waals surface area contributed by atoms with Crippen molar-refractivity contribution >= 4 is 11.6 Å². The van der Waals surface area contributed by atoms with E-state index in [4.69, 9.17) is 5.10 Å². The van der Waals surface area contributed by atoms with E-state index in [-0.39, 0.29) is 5.78 Å². The minimum atomic E-state index is 0.0617. The largest absolute Gasteiger partial charge is 0.352 e. The number of nitrogens with zero attached hydrogens (tertiary/aromatic N) is 6. The molecule has 2 aromatic carbocycles. The zero-order chi connectivity index (χ0) is 23.5. The Morgan fingerprint density at radius 1 is 0.912 bits per heavy atom.